The van der Waals surface area contributed by atoms with Gasteiger partial charge in [0, 0.05) is 11.1 Å². The number of hydrogen-bond donors (Lipinski definition) is 0. The Balaban J connectivity index is 2.41. The number of benzene rings is 1. The van der Waals surface area contributed by atoms with E-state index in [1.54, 1.807) is 0 Å². The molecule has 0 aliphatic carbocycles. The van der Waals surface area contributed by atoms with Gasteiger partial charge < -0.3 is 4.90 Å². The van der Waals surface area contributed by atoms with Crippen molar-refractivity contribution in [2.45, 2.75) is 19.9 Å². The number of halogens is 1. The molecule has 6 heteroatoms. The first-order valence-electron chi connectivity index (χ1n) is 6.20. The number of hydrogen-bond acceptors (Lipinski definition) is 3. The number of alkyl halides is 1. The van der Waals surface area contributed by atoms with Crippen LogP contribution in [0.5, 0.6) is 0 Å². The fraction of sp³-hybridized carbons (Fsp3) is 0.357. The summed E-state index contributed by atoms with van der Waals surface area (Å²) < 4.78 is 23.1. The molecule has 108 valence electrons. The van der Waals surface area contributed by atoms with E-state index in [1.165, 1.54) is 11.0 Å². The van der Waals surface area contributed by atoms with Crippen LogP contribution in [0.4, 0.5) is 5.69 Å². The minimum Gasteiger partial charge on any atom is -0.303 e. The maximum Gasteiger partial charge on any atom is 0.242 e. The van der Waals surface area contributed by atoms with E-state index in [4.69, 9.17) is 11.6 Å². The quantitative estimate of drug-likeness (QED) is 0.804. The standard InChI is InChI=1S/C14H16ClNO3S/c1-10-3-4-12(7-11(10)2)16(14(17)8-15)13-5-6-20(18,19)9-13/h3-7,13H,8-9H2,1-2H3/t13-/m1/s1. The van der Waals surface area contributed by atoms with E-state index in [0.717, 1.165) is 16.5 Å². The Morgan fingerprint density at radius 2 is 2.05 bits per heavy atom. The number of carbonyl (C=O) groups excluding carboxylic acids is 1. The van der Waals surface area contributed by atoms with Gasteiger partial charge in [-0.2, -0.15) is 0 Å². The van der Waals surface area contributed by atoms with E-state index in [2.05, 4.69) is 0 Å². The van der Waals surface area contributed by atoms with Crippen molar-refractivity contribution in [3.8, 4) is 0 Å². The van der Waals surface area contributed by atoms with Gasteiger partial charge in [0.05, 0.1) is 11.8 Å². The molecule has 0 radical (unpaired) electrons. The van der Waals surface area contributed by atoms with Crippen LogP contribution in [0.15, 0.2) is 29.7 Å². The Morgan fingerprint density at radius 3 is 2.55 bits per heavy atom. The Hall–Kier alpha value is -1.33. The molecule has 1 aliphatic rings. The van der Waals surface area contributed by atoms with E-state index in [0.29, 0.717) is 5.69 Å². The van der Waals surface area contributed by atoms with Crippen molar-refractivity contribution in [1.29, 1.82) is 0 Å². The number of carbonyl (C=O) groups is 1. The van der Waals surface area contributed by atoms with Crippen LogP contribution in [0, 0.1) is 13.8 Å². The molecule has 4 nitrogen and oxygen atoms in total. The highest BCUT2D eigenvalue weighted by Gasteiger charge is 2.31. The Labute approximate surface area is 124 Å². The van der Waals surface area contributed by atoms with Crippen LogP contribution in [-0.2, 0) is 14.6 Å². The maximum absolute atomic E-state index is 12.1. The third-order valence-corrected chi connectivity index (χ3v) is 5.00. The largest absolute Gasteiger partial charge is 0.303 e. The molecule has 0 fully saturated rings. The van der Waals surface area contributed by atoms with E-state index in [9.17, 15) is 13.2 Å². The normalized spacial score (nSPS) is 20.1. The lowest BCUT2D eigenvalue weighted by Gasteiger charge is -2.27. The number of sulfone groups is 1. The van der Waals surface area contributed by atoms with Crippen molar-refractivity contribution in [2.24, 2.45) is 0 Å². The Bertz CT molecular complexity index is 667. The summed E-state index contributed by atoms with van der Waals surface area (Å²) >= 11 is 5.65. The van der Waals surface area contributed by atoms with E-state index < -0.39 is 15.9 Å². The summed E-state index contributed by atoms with van der Waals surface area (Å²) in [7, 11) is -3.23. The zero-order valence-electron chi connectivity index (χ0n) is 11.3. The maximum atomic E-state index is 12.1. The van der Waals surface area contributed by atoms with Crippen LogP contribution in [0.1, 0.15) is 11.1 Å². The van der Waals surface area contributed by atoms with Gasteiger partial charge in [0.1, 0.15) is 5.88 Å². The molecule has 0 unspecified atom stereocenters. The third kappa shape index (κ3) is 3.04. The molecule has 20 heavy (non-hydrogen) atoms. The second-order valence-corrected chi connectivity index (χ2v) is 7.09. The Kier molecular flexibility index (Phi) is 4.20. The lowest BCUT2D eigenvalue weighted by molar-refractivity contribution is -0.116. The zero-order chi connectivity index (χ0) is 14.9. The number of nitrogens with zero attached hydrogens (tertiary/aromatic N) is 1. The number of amides is 1. The van der Waals surface area contributed by atoms with Gasteiger partial charge in [-0.3, -0.25) is 4.79 Å². The second-order valence-electron chi connectivity index (χ2n) is 4.89. The molecule has 0 saturated carbocycles. The van der Waals surface area contributed by atoms with Crippen LogP contribution in [0.25, 0.3) is 0 Å². The predicted molar refractivity (Wildman–Crippen MR) is 80.8 cm³/mol. The molecular weight excluding hydrogens is 298 g/mol. The van der Waals surface area contributed by atoms with Crippen LogP contribution < -0.4 is 4.90 Å². The molecule has 0 bridgehead atoms. The molecular formula is C14H16ClNO3S. The molecule has 0 N–H and O–H groups in total. The van der Waals surface area contributed by atoms with E-state index >= 15 is 0 Å². The average molecular weight is 314 g/mol. The van der Waals surface area contributed by atoms with E-state index in [-0.39, 0.29) is 17.5 Å². The van der Waals surface area contributed by atoms with Crippen molar-refractivity contribution in [3.05, 3.63) is 40.8 Å². The van der Waals surface area contributed by atoms with Crippen molar-refractivity contribution in [3.63, 3.8) is 0 Å². The smallest absolute Gasteiger partial charge is 0.242 e. The lowest BCUT2D eigenvalue weighted by atomic mass is 10.1. The van der Waals surface area contributed by atoms with Crippen molar-refractivity contribution in [2.75, 3.05) is 16.5 Å². The number of aryl methyl sites for hydroxylation is 2. The molecule has 0 aromatic heterocycles. The number of rotatable bonds is 3. The monoisotopic (exact) mass is 313 g/mol. The molecule has 2 rings (SSSR count). The summed E-state index contributed by atoms with van der Waals surface area (Å²) in [5, 5.41) is 1.16. The van der Waals surface area contributed by atoms with Crippen LogP contribution in [0.3, 0.4) is 0 Å². The van der Waals surface area contributed by atoms with Crippen molar-refractivity contribution >= 4 is 33.0 Å². The topological polar surface area (TPSA) is 54.5 Å². The van der Waals surface area contributed by atoms with Crippen LogP contribution in [-0.4, -0.2) is 32.0 Å². The summed E-state index contributed by atoms with van der Waals surface area (Å²) in [5.74, 6) is -0.582. The molecule has 1 aromatic rings. The van der Waals surface area contributed by atoms with Gasteiger partial charge in [-0.15, -0.1) is 11.6 Å². The first-order chi connectivity index (χ1) is 9.34. The van der Waals surface area contributed by atoms with Crippen LogP contribution in [0.2, 0.25) is 0 Å². The summed E-state index contributed by atoms with van der Waals surface area (Å²) in [5.41, 5.74) is 2.83. The van der Waals surface area contributed by atoms with Gasteiger partial charge in [0.25, 0.3) is 0 Å². The summed E-state index contributed by atoms with van der Waals surface area (Å²) in [6, 6.07) is 5.10. The first kappa shape index (κ1) is 15.1. The fourth-order valence-electron chi connectivity index (χ4n) is 2.18. The summed E-state index contributed by atoms with van der Waals surface area (Å²) in [6.45, 7) is 3.93. The minimum atomic E-state index is -3.23. The molecule has 1 heterocycles. The van der Waals surface area contributed by atoms with Gasteiger partial charge in [-0.25, -0.2) is 8.42 Å². The van der Waals surface area contributed by atoms with Gasteiger partial charge >= 0.3 is 0 Å². The third-order valence-electron chi connectivity index (χ3n) is 3.39. The Morgan fingerprint density at radius 1 is 1.35 bits per heavy atom. The highest BCUT2D eigenvalue weighted by molar-refractivity contribution is 7.94. The highest BCUT2D eigenvalue weighted by atomic mass is 35.5. The fourth-order valence-corrected chi connectivity index (χ4v) is 3.58. The SMILES string of the molecule is Cc1ccc(N(C(=O)CCl)[C@@H]2C=CS(=O)(=O)C2)cc1C. The summed E-state index contributed by atoms with van der Waals surface area (Å²) in [4.78, 5) is 13.5. The lowest BCUT2D eigenvalue weighted by Crippen LogP contribution is -2.42. The second kappa shape index (κ2) is 5.58. The van der Waals surface area contributed by atoms with Crippen molar-refractivity contribution in [1.82, 2.24) is 0 Å². The molecule has 1 aromatic carbocycles. The van der Waals surface area contributed by atoms with Crippen molar-refractivity contribution < 1.29 is 13.2 Å². The predicted octanol–water partition coefficient (Wildman–Crippen LogP) is 2.19. The van der Waals surface area contributed by atoms with E-state index in [1.807, 2.05) is 32.0 Å². The first-order valence-corrected chi connectivity index (χ1v) is 8.45. The van der Waals surface area contributed by atoms with Gasteiger partial charge in [-0.05, 0) is 43.2 Å². The zero-order valence-corrected chi connectivity index (χ0v) is 12.9. The minimum absolute atomic E-state index is 0.0947. The average Bonchev–Trinajstić information content (AvgIpc) is 2.74. The van der Waals surface area contributed by atoms with Crippen LogP contribution >= 0.6 is 11.6 Å². The molecule has 1 aliphatic heterocycles. The van der Waals surface area contributed by atoms with Gasteiger partial charge in [-0.1, -0.05) is 6.07 Å². The molecule has 0 saturated heterocycles. The molecule has 1 atom stereocenters. The highest BCUT2D eigenvalue weighted by Crippen LogP contribution is 2.25. The van der Waals surface area contributed by atoms with Gasteiger partial charge in [0.2, 0.25) is 5.91 Å². The molecule has 1 amide bonds. The molecule has 0 spiro atoms. The number of anilines is 1. The van der Waals surface area contributed by atoms with Gasteiger partial charge in [0.15, 0.2) is 9.84 Å². The summed E-state index contributed by atoms with van der Waals surface area (Å²) in [6.07, 6.45) is 1.54.